The molecule has 1 saturated heterocycles. The van der Waals surface area contributed by atoms with Crippen LogP contribution in [0.3, 0.4) is 0 Å². The maximum absolute atomic E-state index is 13.7. The third kappa shape index (κ3) is 5.16. The van der Waals surface area contributed by atoms with Crippen molar-refractivity contribution in [3.63, 3.8) is 0 Å². The van der Waals surface area contributed by atoms with E-state index in [0.717, 1.165) is 23.7 Å². The third-order valence-corrected chi connectivity index (χ3v) is 4.51. The molecule has 1 aromatic carbocycles. The van der Waals surface area contributed by atoms with Gasteiger partial charge in [0.2, 0.25) is 11.8 Å². The third-order valence-electron chi connectivity index (χ3n) is 4.02. The van der Waals surface area contributed by atoms with Gasteiger partial charge in [-0.25, -0.2) is 4.39 Å². The number of amides is 2. The molecule has 0 radical (unpaired) electrons. The Hall–Kier alpha value is -1.69. The van der Waals surface area contributed by atoms with Gasteiger partial charge in [-0.15, -0.1) is 0 Å². The first-order valence-corrected chi connectivity index (χ1v) is 9.00. The molecule has 1 fully saturated rings. The lowest BCUT2D eigenvalue weighted by atomic mass is 9.97. The first kappa shape index (κ1) is 18.6. The van der Waals surface area contributed by atoms with Gasteiger partial charge in [-0.2, -0.15) is 0 Å². The number of nitrogens with one attached hydrogen (secondary N) is 1. The Morgan fingerprint density at radius 3 is 3.00 bits per heavy atom. The molecular formula is C18H22BrFN2O2. The van der Waals surface area contributed by atoms with Gasteiger partial charge in [0.15, 0.2) is 0 Å². The largest absolute Gasteiger partial charge is 0.356 e. The maximum Gasteiger partial charge on any atom is 0.246 e. The second-order valence-electron chi connectivity index (χ2n) is 5.91. The topological polar surface area (TPSA) is 49.4 Å². The Morgan fingerprint density at radius 2 is 2.25 bits per heavy atom. The van der Waals surface area contributed by atoms with Crippen LogP contribution >= 0.6 is 15.9 Å². The predicted molar refractivity (Wildman–Crippen MR) is 95.7 cm³/mol. The number of rotatable bonds is 5. The minimum absolute atomic E-state index is 0.0105. The van der Waals surface area contributed by atoms with Crippen LogP contribution in [0.2, 0.25) is 0 Å². The molecule has 4 nitrogen and oxygen atoms in total. The van der Waals surface area contributed by atoms with Gasteiger partial charge in [0, 0.05) is 35.7 Å². The van der Waals surface area contributed by atoms with Crippen LogP contribution in [0.4, 0.5) is 4.39 Å². The summed E-state index contributed by atoms with van der Waals surface area (Å²) in [6, 6.07) is 4.58. The average molecular weight is 397 g/mol. The fourth-order valence-electron chi connectivity index (χ4n) is 2.69. The molecule has 0 bridgehead atoms. The van der Waals surface area contributed by atoms with Gasteiger partial charge >= 0.3 is 0 Å². The molecule has 0 spiro atoms. The van der Waals surface area contributed by atoms with E-state index in [9.17, 15) is 14.0 Å². The van der Waals surface area contributed by atoms with Gasteiger partial charge in [0.1, 0.15) is 5.82 Å². The van der Waals surface area contributed by atoms with E-state index in [1.807, 2.05) is 6.92 Å². The van der Waals surface area contributed by atoms with Crippen molar-refractivity contribution in [3.8, 4) is 0 Å². The van der Waals surface area contributed by atoms with E-state index >= 15 is 0 Å². The molecule has 2 rings (SSSR count). The first-order valence-electron chi connectivity index (χ1n) is 8.21. The summed E-state index contributed by atoms with van der Waals surface area (Å²) in [5.41, 5.74) is 0.354. The zero-order valence-electron chi connectivity index (χ0n) is 13.7. The summed E-state index contributed by atoms with van der Waals surface area (Å²) in [5, 5.41) is 2.88. The standard InChI is InChI=1S/C18H22BrFN2O2/c1-2-9-21-18(24)14-4-3-10-22(12-14)17(23)8-5-13-11-15(19)6-7-16(13)20/h5-8,11,14H,2-4,9-10,12H2,1H3,(H,21,24)/b8-5+. The highest BCUT2D eigenvalue weighted by molar-refractivity contribution is 9.10. The maximum atomic E-state index is 13.7. The molecule has 1 atom stereocenters. The Morgan fingerprint density at radius 1 is 1.46 bits per heavy atom. The zero-order chi connectivity index (χ0) is 17.5. The second-order valence-corrected chi connectivity index (χ2v) is 6.83. The van der Waals surface area contributed by atoms with Crippen molar-refractivity contribution in [3.05, 3.63) is 40.1 Å². The number of carbonyl (C=O) groups excluding carboxylic acids is 2. The molecule has 0 aromatic heterocycles. The van der Waals surface area contributed by atoms with Crippen molar-refractivity contribution in [1.82, 2.24) is 10.2 Å². The average Bonchev–Trinajstić information content (AvgIpc) is 2.60. The number of piperidine rings is 1. The molecular weight excluding hydrogens is 375 g/mol. The highest BCUT2D eigenvalue weighted by atomic mass is 79.9. The first-order chi connectivity index (χ1) is 11.5. The van der Waals surface area contributed by atoms with Gasteiger partial charge < -0.3 is 10.2 Å². The molecule has 1 aromatic rings. The lowest BCUT2D eigenvalue weighted by Crippen LogP contribution is -2.45. The minimum Gasteiger partial charge on any atom is -0.356 e. The number of hydrogen-bond acceptors (Lipinski definition) is 2. The van der Waals surface area contributed by atoms with E-state index in [-0.39, 0.29) is 23.5 Å². The summed E-state index contributed by atoms with van der Waals surface area (Å²) in [4.78, 5) is 26.0. The van der Waals surface area contributed by atoms with Crippen LogP contribution in [0, 0.1) is 11.7 Å². The van der Waals surface area contributed by atoms with E-state index in [1.165, 1.54) is 18.2 Å². The Balaban J connectivity index is 1.97. The summed E-state index contributed by atoms with van der Waals surface area (Å²) in [7, 11) is 0. The molecule has 130 valence electrons. The van der Waals surface area contributed by atoms with Gasteiger partial charge in [-0.05, 0) is 43.5 Å². The quantitative estimate of drug-likeness (QED) is 0.775. The van der Waals surface area contributed by atoms with Crippen LogP contribution < -0.4 is 5.32 Å². The summed E-state index contributed by atoms with van der Waals surface area (Å²) in [5.74, 6) is -0.721. The molecule has 24 heavy (non-hydrogen) atoms. The normalized spacial score (nSPS) is 18.0. The number of nitrogens with zero attached hydrogens (tertiary/aromatic N) is 1. The molecule has 1 heterocycles. The molecule has 1 N–H and O–H groups in total. The molecule has 0 saturated carbocycles. The molecule has 6 heteroatoms. The lowest BCUT2D eigenvalue weighted by Gasteiger charge is -2.31. The number of halogens is 2. The van der Waals surface area contributed by atoms with Crippen LogP contribution in [0.25, 0.3) is 6.08 Å². The van der Waals surface area contributed by atoms with Crippen molar-refractivity contribution < 1.29 is 14.0 Å². The summed E-state index contributed by atoms with van der Waals surface area (Å²) >= 11 is 3.28. The van der Waals surface area contributed by atoms with Crippen molar-refractivity contribution in [2.24, 2.45) is 5.92 Å². The minimum atomic E-state index is -0.377. The van der Waals surface area contributed by atoms with Crippen molar-refractivity contribution in [1.29, 1.82) is 0 Å². The predicted octanol–water partition coefficient (Wildman–Crippen LogP) is 3.37. The molecule has 1 aliphatic rings. The summed E-state index contributed by atoms with van der Waals surface area (Å²) in [6.07, 6.45) is 5.33. The van der Waals surface area contributed by atoms with Gasteiger partial charge in [-0.3, -0.25) is 9.59 Å². The highest BCUT2D eigenvalue weighted by Gasteiger charge is 2.27. The fourth-order valence-corrected chi connectivity index (χ4v) is 3.07. The smallest absolute Gasteiger partial charge is 0.246 e. The van der Waals surface area contributed by atoms with Crippen LogP contribution in [0.15, 0.2) is 28.7 Å². The van der Waals surface area contributed by atoms with Crippen LogP contribution in [0.5, 0.6) is 0 Å². The molecule has 1 unspecified atom stereocenters. The fraction of sp³-hybridized carbons (Fsp3) is 0.444. The summed E-state index contributed by atoms with van der Waals surface area (Å²) < 4.78 is 14.5. The monoisotopic (exact) mass is 396 g/mol. The van der Waals surface area contributed by atoms with E-state index in [0.29, 0.717) is 25.2 Å². The second kappa shape index (κ2) is 8.97. The number of likely N-dealkylation sites (tertiary alicyclic amines) is 1. The van der Waals surface area contributed by atoms with E-state index in [2.05, 4.69) is 21.2 Å². The van der Waals surface area contributed by atoms with Crippen molar-refractivity contribution in [2.75, 3.05) is 19.6 Å². The SMILES string of the molecule is CCCNC(=O)C1CCCN(C(=O)/C=C/c2cc(Br)ccc2F)C1. The van der Waals surface area contributed by atoms with Crippen molar-refractivity contribution in [2.45, 2.75) is 26.2 Å². The van der Waals surface area contributed by atoms with Gasteiger partial charge in [-0.1, -0.05) is 22.9 Å². The molecule has 0 aliphatic carbocycles. The van der Waals surface area contributed by atoms with Crippen LogP contribution in [0.1, 0.15) is 31.7 Å². The number of carbonyl (C=O) groups is 2. The molecule has 1 aliphatic heterocycles. The Kier molecular flexibility index (Phi) is 6.97. The van der Waals surface area contributed by atoms with Crippen LogP contribution in [-0.4, -0.2) is 36.3 Å². The summed E-state index contributed by atoms with van der Waals surface area (Å²) in [6.45, 7) is 3.70. The van der Waals surface area contributed by atoms with E-state index in [4.69, 9.17) is 0 Å². The lowest BCUT2D eigenvalue weighted by molar-refractivity contribution is -0.132. The highest BCUT2D eigenvalue weighted by Crippen LogP contribution is 2.19. The van der Waals surface area contributed by atoms with Crippen molar-refractivity contribution >= 4 is 33.8 Å². The van der Waals surface area contributed by atoms with E-state index < -0.39 is 0 Å². The van der Waals surface area contributed by atoms with E-state index in [1.54, 1.807) is 17.0 Å². The Bertz CT molecular complexity index is 633. The number of hydrogen-bond donors (Lipinski definition) is 1. The van der Waals surface area contributed by atoms with Crippen LogP contribution in [-0.2, 0) is 9.59 Å². The molecule has 2 amide bonds. The van der Waals surface area contributed by atoms with Gasteiger partial charge in [0.25, 0.3) is 0 Å². The van der Waals surface area contributed by atoms with Gasteiger partial charge in [0.05, 0.1) is 5.92 Å². The Labute approximate surface area is 150 Å². The zero-order valence-corrected chi connectivity index (χ0v) is 15.3. The number of benzene rings is 1.